The van der Waals surface area contributed by atoms with Crippen molar-refractivity contribution in [2.45, 2.75) is 22.1 Å². The third-order valence-electron chi connectivity index (χ3n) is 4.75. The maximum Gasteiger partial charge on any atom is 0.242 e. The quantitative estimate of drug-likeness (QED) is 0.541. The second kappa shape index (κ2) is 9.31. The van der Waals surface area contributed by atoms with Crippen LogP contribution in [0.15, 0.2) is 88.7 Å². The fraction of sp³-hybridized carbons (Fsp3) is 0.182. The van der Waals surface area contributed by atoms with E-state index in [0.717, 1.165) is 23.4 Å². The highest BCUT2D eigenvalue weighted by Crippen LogP contribution is 2.28. The lowest BCUT2D eigenvalue weighted by molar-refractivity contribution is 0.575. The van der Waals surface area contributed by atoms with E-state index in [4.69, 9.17) is 11.6 Å². The molecule has 3 rings (SSSR count). The third kappa shape index (κ3) is 5.49. The summed E-state index contributed by atoms with van der Waals surface area (Å²) in [5.41, 5.74) is 2.17. The van der Waals surface area contributed by atoms with Crippen molar-refractivity contribution in [3.8, 4) is 0 Å². The van der Waals surface area contributed by atoms with Crippen molar-refractivity contribution in [3.05, 3.63) is 95.0 Å². The predicted molar refractivity (Wildman–Crippen MR) is 119 cm³/mol. The van der Waals surface area contributed by atoms with Gasteiger partial charge in [0.15, 0.2) is 9.84 Å². The van der Waals surface area contributed by atoms with Gasteiger partial charge < -0.3 is 0 Å². The Morgan fingerprint density at radius 2 is 1.37 bits per heavy atom. The Hall–Kier alpha value is -2.19. The number of benzene rings is 3. The first kappa shape index (κ1) is 22.5. The summed E-state index contributed by atoms with van der Waals surface area (Å²) in [6, 6.07) is 23.4. The van der Waals surface area contributed by atoms with Crippen LogP contribution in [0.2, 0.25) is 5.02 Å². The molecule has 0 saturated heterocycles. The number of sulfone groups is 1. The average molecular weight is 464 g/mol. The molecular weight excluding hydrogens is 442 g/mol. The molecule has 0 aliphatic rings. The van der Waals surface area contributed by atoms with E-state index < -0.39 is 19.9 Å². The van der Waals surface area contributed by atoms with Crippen LogP contribution in [0.4, 0.5) is 0 Å². The summed E-state index contributed by atoms with van der Waals surface area (Å²) in [5.74, 6) is 0.00734. The molecule has 5 nitrogen and oxygen atoms in total. The van der Waals surface area contributed by atoms with Crippen LogP contribution in [0.25, 0.3) is 0 Å². The first-order chi connectivity index (χ1) is 14.2. The number of sulfonamides is 1. The number of rotatable bonds is 8. The normalized spacial score (nSPS) is 12.2. The molecule has 3 aromatic carbocycles. The van der Waals surface area contributed by atoms with Crippen LogP contribution in [0.3, 0.4) is 0 Å². The van der Waals surface area contributed by atoms with E-state index in [1.54, 1.807) is 0 Å². The fourth-order valence-corrected chi connectivity index (χ4v) is 5.53. The van der Waals surface area contributed by atoms with Gasteiger partial charge in [-0.2, -0.15) is 0 Å². The Labute approximate surface area is 182 Å². The zero-order valence-electron chi connectivity index (χ0n) is 16.3. The molecular formula is C22H22ClNO4S2. The SMILES string of the molecule is CS(=O)(=O)c1ccc(Cl)c(S(=O)(=O)NCCC(c2ccccc2)c2ccccc2)c1. The molecule has 0 atom stereocenters. The van der Waals surface area contributed by atoms with Crippen molar-refractivity contribution in [2.75, 3.05) is 12.8 Å². The van der Waals surface area contributed by atoms with E-state index in [-0.39, 0.29) is 27.3 Å². The molecule has 158 valence electrons. The Morgan fingerprint density at radius 1 is 0.833 bits per heavy atom. The Morgan fingerprint density at radius 3 is 1.87 bits per heavy atom. The van der Waals surface area contributed by atoms with E-state index in [9.17, 15) is 16.8 Å². The lowest BCUT2D eigenvalue weighted by Gasteiger charge is -2.18. The first-order valence-corrected chi connectivity index (χ1v) is 13.0. The van der Waals surface area contributed by atoms with Crippen molar-refractivity contribution < 1.29 is 16.8 Å². The molecule has 0 aliphatic carbocycles. The highest BCUT2D eigenvalue weighted by Gasteiger charge is 2.22. The average Bonchev–Trinajstić information content (AvgIpc) is 2.72. The van der Waals surface area contributed by atoms with Crippen LogP contribution in [0.5, 0.6) is 0 Å². The van der Waals surface area contributed by atoms with Crippen LogP contribution in [0, 0.1) is 0 Å². The zero-order valence-corrected chi connectivity index (χ0v) is 18.7. The van der Waals surface area contributed by atoms with Gasteiger partial charge >= 0.3 is 0 Å². The largest absolute Gasteiger partial charge is 0.242 e. The highest BCUT2D eigenvalue weighted by molar-refractivity contribution is 7.91. The van der Waals surface area contributed by atoms with E-state index >= 15 is 0 Å². The Balaban J connectivity index is 1.81. The topological polar surface area (TPSA) is 80.3 Å². The standard InChI is InChI=1S/C22H22ClNO4S2/c1-29(25,26)19-12-13-21(23)22(16-19)30(27,28)24-15-14-20(17-8-4-2-5-9-17)18-10-6-3-7-11-18/h2-13,16,20,24H,14-15H2,1H3. The van der Waals surface area contributed by atoms with Gasteiger partial charge in [-0.05, 0) is 35.7 Å². The van der Waals surface area contributed by atoms with Gasteiger partial charge in [0, 0.05) is 18.7 Å². The molecule has 1 N–H and O–H groups in total. The summed E-state index contributed by atoms with van der Waals surface area (Å²) in [4.78, 5) is -0.346. The van der Waals surface area contributed by atoms with Gasteiger partial charge in [-0.1, -0.05) is 72.3 Å². The summed E-state index contributed by atoms with van der Waals surface area (Å²) in [5, 5.41) is -0.0300. The maximum absolute atomic E-state index is 12.8. The molecule has 0 aliphatic heterocycles. The lowest BCUT2D eigenvalue weighted by Crippen LogP contribution is -2.26. The van der Waals surface area contributed by atoms with E-state index in [1.807, 2.05) is 60.7 Å². The van der Waals surface area contributed by atoms with E-state index in [1.165, 1.54) is 12.1 Å². The Bertz CT molecular complexity index is 1170. The van der Waals surface area contributed by atoms with Gasteiger partial charge in [0.2, 0.25) is 10.0 Å². The predicted octanol–water partition coefficient (Wildman–Crippen LogP) is 4.24. The molecule has 0 unspecified atom stereocenters. The zero-order chi connectivity index (χ0) is 21.8. The molecule has 0 heterocycles. The van der Waals surface area contributed by atoms with Gasteiger partial charge in [-0.15, -0.1) is 0 Å². The minimum Gasteiger partial charge on any atom is -0.224 e. The van der Waals surface area contributed by atoms with Crippen LogP contribution < -0.4 is 4.72 Å². The van der Waals surface area contributed by atoms with Crippen molar-refractivity contribution >= 4 is 31.5 Å². The van der Waals surface area contributed by atoms with Crippen LogP contribution in [0.1, 0.15) is 23.5 Å². The summed E-state index contributed by atoms with van der Waals surface area (Å²) in [7, 11) is -7.54. The summed E-state index contributed by atoms with van der Waals surface area (Å²) in [6.07, 6.45) is 1.54. The molecule has 0 amide bonds. The van der Waals surface area contributed by atoms with E-state index in [0.29, 0.717) is 6.42 Å². The second-order valence-corrected chi connectivity index (χ2v) is 11.1. The molecule has 30 heavy (non-hydrogen) atoms. The van der Waals surface area contributed by atoms with Crippen LogP contribution in [-0.2, 0) is 19.9 Å². The fourth-order valence-electron chi connectivity index (χ4n) is 3.23. The highest BCUT2D eigenvalue weighted by atomic mass is 35.5. The van der Waals surface area contributed by atoms with Crippen molar-refractivity contribution in [3.63, 3.8) is 0 Å². The maximum atomic E-state index is 12.8. The van der Waals surface area contributed by atoms with Gasteiger partial charge in [0.25, 0.3) is 0 Å². The minimum atomic E-state index is -3.98. The summed E-state index contributed by atoms with van der Waals surface area (Å²) >= 11 is 6.05. The van der Waals surface area contributed by atoms with Crippen LogP contribution >= 0.6 is 11.6 Å². The molecule has 0 aromatic heterocycles. The summed E-state index contributed by atoms with van der Waals surface area (Å²) < 4.78 is 51.7. The number of halogens is 1. The number of nitrogens with one attached hydrogen (secondary N) is 1. The first-order valence-electron chi connectivity index (χ1n) is 9.27. The monoisotopic (exact) mass is 463 g/mol. The molecule has 0 bridgehead atoms. The van der Waals surface area contributed by atoms with Gasteiger partial charge in [-0.3, -0.25) is 0 Å². The lowest BCUT2D eigenvalue weighted by atomic mass is 9.89. The minimum absolute atomic E-state index is 0.00734. The number of hydrogen-bond donors (Lipinski definition) is 1. The van der Waals surface area contributed by atoms with Crippen molar-refractivity contribution in [1.29, 1.82) is 0 Å². The molecule has 0 spiro atoms. The molecule has 3 aromatic rings. The Kier molecular flexibility index (Phi) is 6.98. The van der Waals surface area contributed by atoms with Crippen LogP contribution in [-0.4, -0.2) is 29.6 Å². The van der Waals surface area contributed by atoms with Gasteiger partial charge in [-0.25, -0.2) is 21.6 Å². The number of hydrogen-bond acceptors (Lipinski definition) is 4. The van der Waals surface area contributed by atoms with Gasteiger partial charge in [0.05, 0.1) is 9.92 Å². The second-order valence-electron chi connectivity index (χ2n) is 6.92. The van der Waals surface area contributed by atoms with E-state index in [2.05, 4.69) is 4.72 Å². The molecule has 0 saturated carbocycles. The van der Waals surface area contributed by atoms with Crippen molar-refractivity contribution in [1.82, 2.24) is 4.72 Å². The summed E-state index contributed by atoms with van der Waals surface area (Å²) in [6.45, 7) is 0.163. The third-order valence-corrected chi connectivity index (χ3v) is 7.80. The van der Waals surface area contributed by atoms with Gasteiger partial charge in [0.1, 0.15) is 4.90 Å². The molecule has 0 radical (unpaired) electrons. The molecule has 8 heteroatoms. The smallest absolute Gasteiger partial charge is 0.224 e. The van der Waals surface area contributed by atoms with Crippen molar-refractivity contribution in [2.24, 2.45) is 0 Å². The molecule has 0 fully saturated rings.